The van der Waals surface area contributed by atoms with Crippen LogP contribution in [0, 0.1) is 5.82 Å². The van der Waals surface area contributed by atoms with Crippen molar-refractivity contribution in [2.45, 2.75) is 0 Å². The first-order chi connectivity index (χ1) is 18.3. The topological polar surface area (TPSA) is 98.8 Å². The van der Waals surface area contributed by atoms with E-state index in [1.807, 2.05) is 37.2 Å². The van der Waals surface area contributed by atoms with Crippen LogP contribution in [0.4, 0.5) is 10.1 Å². The number of hydrogen-bond acceptors (Lipinski definition) is 6. The van der Waals surface area contributed by atoms with Gasteiger partial charge in [0.05, 0.1) is 16.3 Å². The van der Waals surface area contributed by atoms with E-state index in [-0.39, 0.29) is 41.7 Å². The molecule has 2 amide bonds. The van der Waals surface area contributed by atoms with Crippen molar-refractivity contribution in [3.05, 3.63) is 94.0 Å². The normalized spacial score (nSPS) is 13.4. The molecule has 10 heteroatoms. The number of hydrogen-bond donors (Lipinski definition) is 1. The Morgan fingerprint density at radius 2 is 1.58 bits per heavy atom. The molecule has 0 atom stereocenters. The summed E-state index contributed by atoms with van der Waals surface area (Å²) in [6.45, 7) is 1.22. The van der Waals surface area contributed by atoms with Crippen LogP contribution in [0.3, 0.4) is 0 Å². The third-order valence-electron chi connectivity index (χ3n) is 6.51. The van der Waals surface area contributed by atoms with Crippen LogP contribution in [-0.4, -0.2) is 72.1 Å². The molecular weight excluding hydrogens is 489 g/mol. The van der Waals surface area contributed by atoms with Gasteiger partial charge in [-0.05, 0) is 48.5 Å². The zero-order chi connectivity index (χ0) is 26.8. The summed E-state index contributed by atoms with van der Waals surface area (Å²) in [7, 11) is 3.82. The Morgan fingerprint density at radius 1 is 0.895 bits per heavy atom. The highest BCUT2D eigenvalue weighted by Gasteiger charge is 2.27. The van der Waals surface area contributed by atoms with E-state index in [0.29, 0.717) is 29.4 Å². The van der Waals surface area contributed by atoms with Crippen LogP contribution >= 0.6 is 0 Å². The number of piperazine rings is 1. The molecule has 0 saturated carbocycles. The Hall–Kier alpha value is -4.73. The first kappa shape index (κ1) is 24.9. The number of benzene rings is 3. The zero-order valence-corrected chi connectivity index (χ0v) is 21.0. The fourth-order valence-corrected chi connectivity index (χ4v) is 4.39. The van der Waals surface area contributed by atoms with Crippen LogP contribution < -0.4 is 15.2 Å². The fourth-order valence-electron chi connectivity index (χ4n) is 4.39. The van der Waals surface area contributed by atoms with Crippen LogP contribution in [-0.2, 0) is 0 Å². The van der Waals surface area contributed by atoms with Crippen molar-refractivity contribution in [1.82, 2.24) is 20.0 Å². The molecule has 5 rings (SSSR count). The highest BCUT2D eigenvalue weighted by Crippen LogP contribution is 2.27. The average molecular weight is 516 g/mol. The minimum absolute atomic E-state index is 0.108. The van der Waals surface area contributed by atoms with Gasteiger partial charge in [0.1, 0.15) is 11.6 Å². The molecule has 2 heterocycles. The fraction of sp³-hybridized carbons (Fsp3) is 0.214. The third-order valence-corrected chi connectivity index (χ3v) is 6.51. The second kappa shape index (κ2) is 10.3. The minimum atomic E-state index is -0.680. The van der Waals surface area contributed by atoms with Gasteiger partial charge in [0.2, 0.25) is 5.88 Å². The summed E-state index contributed by atoms with van der Waals surface area (Å²) in [5.74, 6) is -0.942. The Morgan fingerprint density at radius 3 is 2.29 bits per heavy atom. The first-order valence-electron chi connectivity index (χ1n) is 12.1. The maximum atomic E-state index is 14.7. The summed E-state index contributed by atoms with van der Waals surface area (Å²) in [5, 5.41) is 7.24. The van der Waals surface area contributed by atoms with Crippen LogP contribution in [0.2, 0.25) is 0 Å². The van der Waals surface area contributed by atoms with Crippen LogP contribution in [0.25, 0.3) is 10.8 Å². The summed E-state index contributed by atoms with van der Waals surface area (Å²) in [4.78, 5) is 43.4. The van der Waals surface area contributed by atoms with Crippen molar-refractivity contribution >= 4 is 28.3 Å². The summed E-state index contributed by atoms with van der Waals surface area (Å²) < 4.78 is 20.5. The van der Waals surface area contributed by atoms with E-state index in [1.54, 1.807) is 35.2 Å². The number of nitrogens with zero attached hydrogens (tertiary/aromatic N) is 4. The second-order valence-corrected chi connectivity index (χ2v) is 9.18. The summed E-state index contributed by atoms with van der Waals surface area (Å²) in [6, 6.07) is 18.1. The number of carbonyl (C=O) groups is 2. The van der Waals surface area contributed by atoms with Gasteiger partial charge < -0.3 is 19.4 Å². The molecule has 0 aliphatic carbocycles. The van der Waals surface area contributed by atoms with Gasteiger partial charge in [0.15, 0.2) is 0 Å². The first-order valence-corrected chi connectivity index (χ1v) is 12.1. The Kier molecular flexibility index (Phi) is 6.78. The lowest BCUT2D eigenvalue weighted by Crippen LogP contribution is -2.50. The van der Waals surface area contributed by atoms with E-state index in [0.717, 1.165) is 11.8 Å². The second-order valence-electron chi connectivity index (χ2n) is 9.18. The lowest BCUT2D eigenvalue weighted by atomic mass is 10.1. The average Bonchev–Trinajstić information content (AvgIpc) is 2.95. The van der Waals surface area contributed by atoms with Crippen LogP contribution in [0.15, 0.2) is 71.5 Å². The number of nitrogens with one attached hydrogen (secondary N) is 1. The standard InChI is InChI=1S/C28H26FN5O4/c1-32(2)19-7-5-6-18(16-19)27(36)33-12-14-34(15-13-33)28(37)23-17-20(10-11-24(23)29)38-26-22-9-4-3-8-21(22)25(35)30-31-26/h3-11,16-17H,12-15H2,1-2H3,(H,30,35). The van der Waals surface area contributed by atoms with Gasteiger partial charge in [0.25, 0.3) is 17.4 Å². The van der Waals surface area contributed by atoms with E-state index in [1.165, 1.54) is 17.0 Å². The Bertz CT molecular complexity index is 1580. The van der Waals surface area contributed by atoms with E-state index < -0.39 is 11.7 Å². The van der Waals surface area contributed by atoms with E-state index >= 15 is 0 Å². The Labute approximate surface area is 218 Å². The molecule has 3 aromatic carbocycles. The van der Waals surface area contributed by atoms with Gasteiger partial charge in [0, 0.05) is 51.5 Å². The number of anilines is 1. The zero-order valence-electron chi connectivity index (χ0n) is 21.0. The van der Waals surface area contributed by atoms with E-state index in [4.69, 9.17) is 4.74 Å². The molecule has 1 fully saturated rings. The van der Waals surface area contributed by atoms with Crippen molar-refractivity contribution in [3.63, 3.8) is 0 Å². The number of fused-ring (bicyclic) bond motifs is 1. The van der Waals surface area contributed by atoms with Crippen LogP contribution in [0.5, 0.6) is 11.6 Å². The van der Waals surface area contributed by atoms with E-state index in [2.05, 4.69) is 10.2 Å². The molecule has 4 aromatic rings. The highest BCUT2D eigenvalue weighted by molar-refractivity contribution is 5.97. The van der Waals surface area contributed by atoms with Crippen molar-refractivity contribution in [2.24, 2.45) is 0 Å². The Balaban J connectivity index is 1.29. The SMILES string of the molecule is CN(C)c1cccc(C(=O)N2CCN(C(=O)c3cc(Oc4n[nH]c(=O)c5ccccc45)ccc3F)CC2)c1. The van der Waals surface area contributed by atoms with Gasteiger partial charge >= 0.3 is 0 Å². The highest BCUT2D eigenvalue weighted by atomic mass is 19.1. The van der Waals surface area contributed by atoms with Gasteiger partial charge in [-0.15, -0.1) is 5.10 Å². The largest absolute Gasteiger partial charge is 0.437 e. The third kappa shape index (κ3) is 4.93. The predicted molar refractivity (Wildman–Crippen MR) is 141 cm³/mol. The number of aromatic nitrogens is 2. The maximum absolute atomic E-state index is 14.7. The number of rotatable bonds is 5. The van der Waals surface area contributed by atoms with Gasteiger partial charge in [-0.3, -0.25) is 14.4 Å². The monoisotopic (exact) mass is 515 g/mol. The number of carbonyl (C=O) groups excluding carboxylic acids is 2. The minimum Gasteiger partial charge on any atom is -0.437 e. The van der Waals surface area contributed by atoms with Crippen molar-refractivity contribution < 1.29 is 18.7 Å². The molecular formula is C28H26FN5O4. The summed E-state index contributed by atoms with van der Waals surface area (Å²) >= 11 is 0. The molecule has 0 unspecified atom stereocenters. The molecule has 1 aliphatic heterocycles. The lowest BCUT2D eigenvalue weighted by molar-refractivity contribution is 0.0532. The van der Waals surface area contributed by atoms with Gasteiger partial charge in [-0.25, -0.2) is 9.49 Å². The molecule has 1 aromatic heterocycles. The van der Waals surface area contributed by atoms with Crippen molar-refractivity contribution in [2.75, 3.05) is 45.2 Å². The van der Waals surface area contributed by atoms with Crippen molar-refractivity contribution in [3.8, 4) is 11.6 Å². The molecule has 0 spiro atoms. The number of halogens is 1. The molecule has 38 heavy (non-hydrogen) atoms. The molecule has 9 nitrogen and oxygen atoms in total. The molecule has 0 radical (unpaired) electrons. The van der Waals surface area contributed by atoms with E-state index in [9.17, 15) is 18.8 Å². The van der Waals surface area contributed by atoms with Crippen LogP contribution in [0.1, 0.15) is 20.7 Å². The van der Waals surface area contributed by atoms with Gasteiger partial charge in [-0.1, -0.05) is 18.2 Å². The maximum Gasteiger partial charge on any atom is 0.272 e. The molecule has 1 N–H and O–H groups in total. The number of ether oxygens (including phenoxy) is 1. The molecule has 0 bridgehead atoms. The van der Waals surface area contributed by atoms with Crippen molar-refractivity contribution in [1.29, 1.82) is 0 Å². The number of aromatic amines is 1. The number of amides is 2. The lowest BCUT2D eigenvalue weighted by Gasteiger charge is -2.35. The molecule has 194 valence electrons. The number of H-pyrrole nitrogens is 1. The smallest absolute Gasteiger partial charge is 0.272 e. The molecule has 1 saturated heterocycles. The van der Waals surface area contributed by atoms with Gasteiger partial charge in [-0.2, -0.15) is 0 Å². The predicted octanol–water partition coefficient (Wildman–Crippen LogP) is 3.52. The molecule has 1 aliphatic rings. The quantitative estimate of drug-likeness (QED) is 0.437. The summed E-state index contributed by atoms with van der Waals surface area (Å²) in [6.07, 6.45) is 0. The summed E-state index contributed by atoms with van der Waals surface area (Å²) in [5.41, 5.74) is 1.00.